The summed E-state index contributed by atoms with van der Waals surface area (Å²) >= 11 is 0. The van der Waals surface area contributed by atoms with Crippen LogP contribution in [0, 0.1) is 0 Å². The van der Waals surface area contributed by atoms with Crippen molar-refractivity contribution in [1.82, 2.24) is 10.2 Å². The molecule has 2 rings (SSSR count). The molecule has 1 saturated heterocycles. The maximum Gasteiger partial charge on any atom is 0.0473 e. The predicted octanol–water partition coefficient (Wildman–Crippen LogP) is 2.78. The van der Waals surface area contributed by atoms with Crippen LogP contribution in [-0.4, -0.2) is 31.1 Å². The molecule has 1 aromatic carbocycles. The van der Waals surface area contributed by atoms with Crippen molar-refractivity contribution in [1.29, 1.82) is 0 Å². The first-order chi connectivity index (χ1) is 8.22. The minimum absolute atomic E-state index is 0.551. The molecular weight excluding hydrogens is 208 g/mol. The summed E-state index contributed by atoms with van der Waals surface area (Å²) in [5.74, 6) is 0.621. The van der Waals surface area contributed by atoms with E-state index in [1.807, 2.05) is 0 Å². The molecule has 1 aliphatic rings. The Balaban J connectivity index is 2.15. The van der Waals surface area contributed by atoms with Gasteiger partial charge in [-0.2, -0.15) is 0 Å². The standard InChI is InChI=1S/C15H24N2/c1-4-17-10-9-16-11-15(17)14-7-5-13(6-8-14)12(2)3/h5-8,12,15-16H,4,9-11H2,1-3H3. The van der Waals surface area contributed by atoms with E-state index < -0.39 is 0 Å². The van der Waals surface area contributed by atoms with Crippen LogP contribution in [0.5, 0.6) is 0 Å². The summed E-state index contributed by atoms with van der Waals surface area (Å²) in [6.07, 6.45) is 0. The smallest absolute Gasteiger partial charge is 0.0473 e. The molecule has 1 heterocycles. The van der Waals surface area contributed by atoms with Crippen molar-refractivity contribution in [2.45, 2.75) is 32.7 Å². The zero-order valence-corrected chi connectivity index (χ0v) is 11.2. The normalized spacial score (nSPS) is 22.0. The molecule has 0 radical (unpaired) electrons. The van der Waals surface area contributed by atoms with Gasteiger partial charge in [0.25, 0.3) is 0 Å². The zero-order chi connectivity index (χ0) is 12.3. The molecule has 0 bridgehead atoms. The molecule has 1 N–H and O–H groups in total. The lowest BCUT2D eigenvalue weighted by molar-refractivity contribution is 0.171. The second kappa shape index (κ2) is 5.65. The Hall–Kier alpha value is -0.860. The van der Waals surface area contributed by atoms with E-state index in [1.165, 1.54) is 11.1 Å². The molecule has 0 spiro atoms. The molecule has 1 atom stereocenters. The number of likely N-dealkylation sites (N-methyl/N-ethyl adjacent to an activating group) is 1. The number of piperazine rings is 1. The molecule has 1 aliphatic heterocycles. The highest BCUT2D eigenvalue weighted by Gasteiger charge is 2.21. The molecule has 94 valence electrons. The van der Waals surface area contributed by atoms with Crippen molar-refractivity contribution in [2.24, 2.45) is 0 Å². The number of benzene rings is 1. The molecule has 17 heavy (non-hydrogen) atoms. The fourth-order valence-electron chi connectivity index (χ4n) is 2.56. The summed E-state index contributed by atoms with van der Waals surface area (Å²) in [4.78, 5) is 2.56. The van der Waals surface area contributed by atoms with Gasteiger partial charge in [0, 0.05) is 25.7 Å². The Morgan fingerprint density at radius 1 is 1.29 bits per heavy atom. The minimum atomic E-state index is 0.551. The van der Waals surface area contributed by atoms with E-state index in [2.05, 4.69) is 55.3 Å². The Labute approximate surface area is 105 Å². The minimum Gasteiger partial charge on any atom is -0.314 e. The van der Waals surface area contributed by atoms with E-state index in [9.17, 15) is 0 Å². The second-order valence-electron chi connectivity index (χ2n) is 5.17. The summed E-state index contributed by atoms with van der Waals surface area (Å²) in [5, 5.41) is 3.49. The van der Waals surface area contributed by atoms with E-state index in [0.717, 1.165) is 26.2 Å². The van der Waals surface area contributed by atoms with Gasteiger partial charge < -0.3 is 5.32 Å². The van der Waals surface area contributed by atoms with Crippen LogP contribution in [0.4, 0.5) is 0 Å². The van der Waals surface area contributed by atoms with Gasteiger partial charge in [-0.05, 0) is 23.6 Å². The number of nitrogens with zero attached hydrogens (tertiary/aromatic N) is 1. The molecule has 1 unspecified atom stereocenters. The predicted molar refractivity (Wildman–Crippen MR) is 73.4 cm³/mol. The molecule has 0 aromatic heterocycles. The zero-order valence-electron chi connectivity index (χ0n) is 11.2. The van der Waals surface area contributed by atoms with Gasteiger partial charge in [-0.1, -0.05) is 45.0 Å². The van der Waals surface area contributed by atoms with Crippen LogP contribution in [0.15, 0.2) is 24.3 Å². The third kappa shape index (κ3) is 2.88. The van der Waals surface area contributed by atoms with Gasteiger partial charge in [0.1, 0.15) is 0 Å². The fraction of sp³-hybridized carbons (Fsp3) is 0.600. The number of hydrogen-bond donors (Lipinski definition) is 1. The molecule has 0 aliphatic carbocycles. The van der Waals surface area contributed by atoms with Gasteiger partial charge in [-0.25, -0.2) is 0 Å². The SMILES string of the molecule is CCN1CCNCC1c1ccc(C(C)C)cc1. The molecule has 2 heteroatoms. The van der Waals surface area contributed by atoms with Gasteiger partial charge in [0.15, 0.2) is 0 Å². The maximum absolute atomic E-state index is 3.49. The molecule has 0 amide bonds. The van der Waals surface area contributed by atoms with Crippen LogP contribution in [-0.2, 0) is 0 Å². The topological polar surface area (TPSA) is 15.3 Å². The fourth-order valence-corrected chi connectivity index (χ4v) is 2.56. The maximum atomic E-state index is 3.49. The number of rotatable bonds is 3. The van der Waals surface area contributed by atoms with Crippen LogP contribution in [0.1, 0.15) is 43.9 Å². The van der Waals surface area contributed by atoms with E-state index in [-0.39, 0.29) is 0 Å². The van der Waals surface area contributed by atoms with Gasteiger partial charge in [0.05, 0.1) is 0 Å². The quantitative estimate of drug-likeness (QED) is 0.862. The largest absolute Gasteiger partial charge is 0.314 e. The third-order valence-electron chi connectivity index (χ3n) is 3.75. The van der Waals surface area contributed by atoms with Crippen LogP contribution in [0.25, 0.3) is 0 Å². The van der Waals surface area contributed by atoms with Crippen molar-refractivity contribution in [3.63, 3.8) is 0 Å². The van der Waals surface area contributed by atoms with Crippen LogP contribution in [0.3, 0.4) is 0 Å². The van der Waals surface area contributed by atoms with Gasteiger partial charge in [0.2, 0.25) is 0 Å². The molecule has 0 saturated carbocycles. The molecule has 1 aromatic rings. The van der Waals surface area contributed by atoms with Crippen molar-refractivity contribution in [3.05, 3.63) is 35.4 Å². The Bertz CT molecular complexity index is 342. The highest BCUT2D eigenvalue weighted by Crippen LogP contribution is 2.24. The van der Waals surface area contributed by atoms with Crippen molar-refractivity contribution in [3.8, 4) is 0 Å². The Morgan fingerprint density at radius 2 is 2.00 bits per heavy atom. The lowest BCUT2D eigenvalue weighted by Crippen LogP contribution is -2.45. The summed E-state index contributed by atoms with van der Waals surface area (Å²) in [6, 6.07) is 9.71. The Morgan fingerprint density at radius 3 is 2.59 bits per heavy atom. The van der Waals surface area contributed by atoms with Gasteiger partial charge in [-0.3, -0.25) is 4.90 Å². The van der Waals surface area contributed by atoms with Crippen molar-refractivity contribution in [2.75, 3.05) is 26.2 Å². The van der Waals surface area contributed by atoms with E-state index in [4.69, 9.17) is 0 Å². The Kier molecular flexibility index (Phi) is 4.19. The average molecular weight is 232 g/mol. The number of hydrogen-bond acceptors (Lipinski definition) is 2. The van der Waals surface area contributed by atoms with Gasteiger partial charge in [-0.15, -0.1) is 0 Å². The lowest BCUT2D eigenvalue weighted by Gasteiger charge is -2.35. The summed E-state index contributed by atoms with van der Waals surface area (Å²) in [7, 11) is 0. The highest BCUT2D eigenvalue weighted by atomic mass is 15.2. The molecule has 1 fully saturated rings. The third-order valence-corrected chi connectivity index (χ3v) is 3.75. The number of nitrogens with one attached hydrogen (secondary N) is 1. The van der Waals surface area contributed by atoms with E-state index >= 15 is 0 Å². The first kappa shape index (κ1) is 12.6. The van der Waals surface area contributed by atoms with E-state index in [0.29, 0.717) is 12.0 Å². The highest BCUT2D eigenvalue weighted by molar-refractivity contribution is 5.27. The van der Waals surface area contributed by atoms with Crippen molar-refractivity contribution >= 4 is 0 Å². The molecular formula is C15H24N2. The van der Waals surface area contributed by atoms with Crippen molar-refractivity contribution < 1.29 is 0 Å². The monoisotopic (exact) mass is 232 g/mol. The summed E-state index contributed by atoms with van der Waals surface area (Å²) < 4.78 is 0. The molecule has 2 nitrogen and oxygen atoms in total. The van der Waals surface area contributed by atoms with Crippen LogP contribution >= 0.6 is 0 Å². The average Bonchev–Trinajstić information content (AvgIpc) is 2.39. The van der Waals surface area contributed by atoms with Crippen LogP contribution in [0.2, 0.25) is 0 Å². The first-order valence-corrected chi connectivity index (χ1v) is 6.77. The van der Waals surface area contributed by atoms with Gasteiger partial charge >= 0.3 is 0 Å². The lowest BCUT2D eigenvalue weighted by atomic mass is 9.97. The van der Waals surface area contributed by atoms with E-state index in [1.54, 1.807) is 0 Å². The second-order valence-corrected chi connectivity index (χ2v) is 5.17. The van der Waals surface area contributed by atoms with Crippen LogP contribution < -0.4 is 5.32 Å². The summed E-state index contributed by atoms with van der Waals surface area (Å²) in [5.41, 5.74) is 2.88. The first-order valence-electron chi connectivity index (χ1n) is 6.77. The summed E-state index contributed by atoms with van der Waals surface area (Å²) in [6.45, 7) is 11.2.